The number of rotatable bonds is 7. The fourth-order valence-electron chi connectivity index (χ4n) is 7.41. The minimum absolute atomic E-state index is 0.491. The molecule has 0 bridgehead atoms. The number of nitrogens with zero attached hydrogens (tertiary/aromatic N) is 10. The molecule has 10 aromatic rings. The van der Waals surface area contributed by atoms with Crippen LogP contribution in [-0.2, 0) is 6.42 Å². The molecule has 0 saturated heterocycles. The largest absolute Gasteiger partial charge is 0.264 e. The molecule has 0 aliphatic rings. The van der Waals surface area contributed by atoms with Crippen molar-refractivity contribution in [3.63, 3.8) is 0 Å². The predicted molar refractivity (Wildman–Crippen MR) is 212 cm³/mol. The fourth-order valence-corrected chi connectivity index (χ4v) is 7.41. The van der Waals surface area contributed by atoms with E-state index in [1.54, 1.807) is 37.4 Å². The number of aromatic nitrogens is 10. The number of hydrogen-bond donors (Lipinski definition) is 0. The van der Waals surface area contributed by atoms with Crippen molar-refractivity contribution in [2.75, 3.05) is 0 Å². The summed E-state index contributed by atoms with van der Waals surface area (Å²) >= 11 is 0. The molecule has 0 fully saturated rings. The average molecular weight is 708 g/mol. The lowest BCUT2D eigenvalue weighted by Gasteiger charge is -2.24. The Morgan fingerprint density at radius 1 is 0.491 bits per heavy atom. The third-order valence-corrected chi connectivity index (χ3v) is 9.67. The van der Waals surface area contributed by atoms with Gasteiger partial charge in [-0.15, -0.1) is 0 Å². The van der Waals surface area contributed by atoms with Crippen LogP contribution in [0.15, 0.2) is 153 Å². The van der Waals surface area contributed by atoms with Crippen LogP contribution in [0.3, 0.4) is 0 Å². The highest BCUT2D eigenvalue weighted by Gasteiger charge is 2.29. The van der Waals surface area contributed by atoms with Crippen molar-refractivity contribution in [2.45, 2.75) is 6.42 Å². The average Bonchev–Trinajstić information content (AvgIpc) is 3.26. The third-order valence-electron chi connectivity index (χ3n) is 9.67. The van der Waals surface area contributed by atoms with Gasteiger partial charge < -0.3 is 0 Å². The van der Waals surface area contributed by atoms with Crippen LogP contribution in [0.25, 0.3) is 88.9 Å². The summed E-state index contributed by atoms with van der Waals surface area (Å²) in [5.74, 6) is 0.531. The number of fused-ring (bicyclic) bond motifs is 3. The molecule has 0 atom stereocenters. The van der Waals surface area contributed by atoms with Gasteiger partial charge in [-0.05, 0) is 59.2 Å². The molecular weight excluding hydrogens is 681 g/mol. The Hall–Kier alpha value is -7.72. The molecule has 10 nitrogen and oxygen atoms in total. The lowest BCUT2D eigenvalue weighted by molar-refractivity contribution is 1.11. The molecule has 55 heavy (non-hydrogen) atoms. The molecule has 10 heteroatoms. The molecule has 0 amide bonds. The Balaban J connectivity index is 1.47. The molecule has 7 aromatic heterocycles. The first-order valence-electron chi connectivity index (χ1n) is 17.6. The lowest BCUT2D eigenvalue weighted by atomic mass is 9.82. The highest BCUT2D eigenvalue weighted by Crippen LogP contribution is 2.50. The maximum Gasteiger partial charge on any atom is 0.160 e. The zero-order chi connectivity index (χ0) is 36.6. The predicted octanol–water partition coefficient (Wildman–Crippen LogP) is 8.82. The molecule has 0 unspecified atom stereocenters. The summed E-state index contributed by atoms with van der Waals surface area (Å²) in [6.45, 7) is 0. The summed E-state index contributed by atoms with van der Waals surface area (Å²) in [6.07, 6.45) is 19.8. The van der Waals surface area contributed by atoms with E-state index >= 15 is 0 Å². The van der Waals surface area contributed by atoms with Crippen LogP contribution >= 0.6 is 0 Å². The number of benzene rings is 3. The van der Waals surface area contributed by atoms with Crippen molar-refractivity contribution in [2.24, 2.45) is 0 Å². The van der Waals surface area contributed by atoms with Crippen LogP contribution in [0.5, 0.6) is 0 Å². The Morgan fingerprint density at radius 3 is 2.11 bits per heavy atom. The number of para-hydroxylation sites is 1. The second-order valence-corrected chi connectivity index (χ2v) is 12.9. The van der Waals surface area contributed by atoms with E-state index in [1.165, 1.54) is 0 Å². The van der Waals surface area contributed by atoms with Gasteiger partial charge in [0.25, 0.3) is 0 Å². The summed E-state index contributed by atoms with van der Waals surface area (Å²) < 4.78 is 0. The monoisotopic (exact) mass is 707 g/mol. The lowest BCUT2D eigenvalue weighted by Crippen LogP contribution is -2.05. The second kappa shape index (κ2) is 13.7. The van der Waals surface area contributed by atoms with Crippen LogP contribution in [0, 0.1) is 6.07 Å². The molecule has 1 radical (unpaired) electrons. The summed E-state index contributed by atoms with van der Waals surface area (Å²) in [6, 6.07) is 31.9. The van der Waals surface area contributed by atoms with Crippen LogP contribution < -0.4 is 0 Å². The summed E-state index contributed by atoms with van der Waals surface area (Å²) in [5, 5.41) is 2.73. The van der Waals surface area contributed by atoms with Gasteiger partial charge in [0.15, 0.2) is 5.82 Å². The normalized spacial score (nSPS) is 11.3. The molecular formula is C45H27N10. The van der Waals surface area contributed by atoms with Gasteiger partial charge in [0.2, 0.25) is 0 Å². The van der Waals surface area contributed by atoms with Crippen molar-refractivity contribution >= 4 is 32.7 Å². The van der Waals surface area contributed by atoms with Gasteiger partial charge >= 0.3 is 0 Å². The zero-order valence-corrected chi connectivity index (χ0v) is 29.1. The first-order chi connectivity index (χ1) is 27.3. The minimum atomic E-state index is 0.491. The van der Waals surface area contributed by atoms with E-state index in [9.17, 15) is 0 Å². The fraction of sp³-hybridized carbons (Fsp3) is 0.0222. The third kappa shape index (κ3) is 5.69. The molecule has 0 saturated carbocycles. The highest BCUT2D eigenvalue weighted by atomic mass is 14.9. The van der Waals surface area contributed by atoms with Gasteiger partial charge in [0.1, 0.15) is 12.7 Å². The van der Waals surface area contributed by atoms with E-state index in [1.807, 2.05) is 85.6 Å². The molecule has 257 valence electrons. The van der Waals surface area contributed by atoms with Crippen molar-refractivity contribution in [1.82, 2.24) is 49.8 Å². The minimum Gasteiger partial charge on any atom is -0.264 e. The molecule has 0 spiro atoms. The van der Waals surface area contributed by atoms with E-state index in [0.29, 0.717) is 23.5 Å². The quantitative estimate of drug-likeness (QED) is 0.158. The summed E-state index contributed by atoms with van der Waals surface area (Å²) in [7, 11) is 0. The van der Waals surface area contributed by atoms with E-state index in [-0.39, 0.29) is 0 Å². The van der Waals surface area contributed by atoms with Gasteiger partial charge in [-0.3, -0.25) is 15.0 Å². The Labute approximate surface area is 314 Å². The van der Waals surface area contributed by atoms with Crippen LogP contribution in [0.4, 0.5) is 0 Å². The Morgan fingerprint density at radius 2 is 1.27 bits per heavy atom. The van der Waals surface area contributed by atoms with E-state index in [2.05, 4.69) is 56.3 Å². The van der Waals surface area contributed by atoms with Gasteiger partial charge in [0, 0.05) is 118 Å². The summed E-state index contributed by atoms with van der Waals surface area (Å²) in [5.41, 5.74) is 11.6. The Kier molecular flexibility index (Phi) is 7.95. The SMILES string of the molecule is [c]1c(Cc2cccnc2)c(-c2ncccn2)c(-c2ccncn2)c2c(-c3cncnc3)c(-c3ccnc4ccccc34)c(-c3cccc4ncccc34)nc12. The van der Waals surface area contributed by atoms with Gasteiger partial charge in [0.05, 0.1) is 27.9 Å². The zero-order valence-electron chi connectivity index (χ0n) is 29.1. The van der Waals surface area contributed by atoms with Crippen LogP contribution in [-0.4, -0.2) is 49.8 Å². The molecule has 7 heterocycles. The van der Waals surface area contributed by atoms with Crippen molar-refractivity contribution < 1.29 is 0 Å². The maximum absolute atomic E-state index is 5.64. The van der Waals surface area contributed by atoms with Crippen molar-refractivity contribution in [1.29, 1.82) is 0 Å². The maximum atomic E-state index is 5.64. The topological polar surface area (TPSA) is 129 Å². The van der Waals surface area contributed by atoms with Gasteiger partial charge in [-0.25, -0.2) is 34.9 Å². The van der Waals surface area contributed by atoms with E-state index < -0.39 is 0 Å². The smallest absolute Gasteiger partial charge is 0.160 e. The summed E-state index contributed by atoms with van der Waals surface area (Å²) in [4.78, 5) is 47.5. The van der Waals surface area contributed by atoms with Crippen LogP contribution in [0.1, 0.15) is 11.1 Å². The van der Waals surface area contributed by atoms with E-state index in [0.717, 1.165) is 83.0 Å². The molecule has 3 aromatic carbocycles. The van der Waals surface area contributed by atoms with E-state index in [4.69, 9.17) is 29.9 Å². The highest BCUT2D eigenvalue weighted by molar-refractivity contribution is 6.18. The second-order valence-electron chi connectivity index (χ2n) is 12.9. The van der Waals surface area contributed by atoms with Crippen molar-refractivity contribution in [3.8, 4) is 56.2 Å². The van der Waals surface area contributed by atoms with Crippen LogP contribution in [0.2, 0.25) is 0 Å². The first kappa shape index (κ1) is 32.0. The first-order valence-corrected chi connectivity index (χ1v) is 17.6. The van der Waals surface area contributed by atoms with Crippen molar-refractivity contribution in [3.05, 3.63) is 171 Å². The standard InChI is InChI=1S/C45H27N10/c1-2-11-35-31(8-1)33(13-20-51-35)41-39(30-24-48-26-49-25-30)43-38(55-44(41)34-9-3-12-36-32(34)10-5-16-50-36)22-29(21-28-7-4-15-46-23-28)40(45-52-17-6-18-53-45)42(43)37-14-19-47-27-54-37/h1-20,23-27H,21H2. The number of hydrogen-bond acceptors (Lipinski definition) is 10. The molecule has 10 rings (SSSR count). The Bertz CT molecular complexity index is 2990. The van der Waals surface area contributed by atoms with Gasteiger partial charge in [-0.2, -0.15) is 0 Å². The molecule has 0 N–H and O–H groups in total. The molecule has 0 aliphatic heterocycles. The molecule has 0 aliphatic carbocycles. The van der Waals surface area contributed by atoms with Gasteiger partial charge in [-0.1, -0.05) is 42.5 Å². The number of pyridine rings is 4.